The van der Waals surface area contributed by atoms with Crippen LogP contribution in [0.4, 0.5) is 4.79 Å². The van der Waals surface area contributed by atoms with E-state index in [-0.39, 0.29) is 12.0 Å². The van der Waals surface area contributed by atoms with Crippen LogP contribution in [0.3, 0.4) is 0 Å². The molecule has 0 bridgehead atoms. The van der Waals surface area contributed by atoms with Gasteiger partial charge in [-0.25, -0.2) is 14.7 Å². The molecule has 1 N–H and O–H groups in total. The lowest BCUT2D eigenvalue weighted by Gasteiger charge is -2.31. The highest BCUT2D eigenvalue weighted by Gasteiger charge is 2.26. The lowest BCUT2D eigenvalue weighted by atomic mass is 9.97. The number of aromatic amines is 1. The fraction of sp³-hybridized carbons (Fsp3) is 0.438. The Labute approximate surface area is 133 Å². The number of H-pyrrole nitrogens is 1. The van der Waals surface area contributed by atoms with E-state index in [9.17, 15) is 9.59 Å². The number of ether oxygens (including phenoxy) is 1. The highest BCUT2D eigenvalue weighted by molar-refractivity contribution is 5.69. The molecule has 7 heteroatoms. The molecule has 7 nitrogen and oxygen atoms in total. The Hall–Kier alpha value is -2.57. The van der Waals surface area contributed by atoms with Gasteiger partial charge in [0, 0.05) is 18.7 Å². The van der Waals surface area contributed by atoms with Crippen LogP contribution in [0.5, 0.6) is 0 Å². The second kappa shape index (κ2) is 5.57. The van der Waals surface area contributed by atoms with Crippen molar-refractivity contribution in [2.75, 3.05) is 6.54 Å². The van der Waals surface area contributed by atoms with Crippen LogP contribution in [0.15, 0.2) is 27.4 Å². The van der Waals surface area contributed by atoms with Gasteiger partial charge in [0.05, 0.1) is 0 Å². The van der Waals surface area contributed by atoms with Gasteiger partial charge in [-0.05, 0) is 50.5 Å². The van der Waals surface area contributed by atoms with Crippen molar-refractivity contribution < 1.29 is 13.9 Å². The average molecular weight is 317 g/mol. The summed E-state index contributed by atoms with van der Waals surface area (Å²) in [4.78, 5) is 25.0. The van der Waals surface area contributed by atoms with Gasteiger partial charge in [0.15, 0.2) is 0 Å². The summed E-state index contributed by atoms with van der Waals surface area (Å²) in [6.45, 7) is 6.63. The zero-order chi connectivity index (χ0) is 16.6. The maximum Gasteiger partial charge on any atom is 0.434 e. The van der Waals surface area contributed by atoms with E-state index in [1.165, 1.54) is 5.56 Å². The van der Waals surface area contributed by atoms with E-state index < -0.39 is 11.4 Å². The normalized spacial score (nSPS) is 14.5. The van der Waals surface area contributed by atoms with Gasteiger partial charge in [-0.2, -0.15) is 0 Å². The number of benzene rings is 1. The van der Waals surface area contributed by atoms with Gasteiger partial charge in [0.2, 0.25) is 5.89 Å². The molecule has 3 rings (SSSR count). The molecule has 1 aliphatic rings. The van der Waals surface area contributed by atoms with Crippen LogP contribution in [0.1, 0.15) is 31.9 Å². The van der Waals surface area contributed by atoms with Crippen molar-refractivity contribution >= 4 is 6.09 Å². The lowest BCUT2D eigenvalue weighted by molar-refractivity contribution is 0.0224. The third kappa shape index (κ3) is 3.44. The Kier molecular flexibility index (Phi) is 3.71. The Morgan fingerprint density at radius 1 is 1.35 bits per heavy atom. The van der Waals surface area contributed by atoms with Crippen molar-refractivity contribution in [3.8, 4) is 11.5 Å². The van der Waals surface area contributed by atoms with E-state index in [4.69, 9.17) is 9.15 Å². The highest BCUT2D eigenvalue weighted by Crippen LogP contribution is 2.25. The topological polar surface area (TPSA) is 88.4 Å². The number of nitrogens with zero attached hydrogens (tertiary/aromatic N) is 2. The quantitative estimate of drug-likeness (QED) is 0.872. The molecular weight excluding hydrogens is 298 g/mol. The van der Waals surface area contributed by atoms with Crippen LogP contribution in [0, 0.1) is 0 Å². The van der Waals surface area contributed by atoms with Crippen LogP contribution in [0.2, 0.25) is 0 Å². The lowest BCUT2D eigenvalue weighted by Crippen LogP contribution is -2.39. The minimum absolute atomic E-state index is 0.243. The van der Waals surface area contributed by atoms with E-state index in [1.54, 1.807) is 4.90 Å². The van der Waals surface area contributed by atoms with Crippen LogP contribution < -0.4 is 5.76 Å². The predicted molar refractivity (Wildman–Crippen MR) is 82.9 cm³/mol. The van der Waals surface area contributed by atoms with Crippen LogP contribution in [0.25, 0.3) is 11.5 Å². The fourth-order valence-electron chi connectivity index (χ4n) is 2.53. The molecule has 1 aliphatic heterocycles. The molecule has 0 unspecified atom stereocenters. The molecule has 0 radical (unpaired) electrons. The molecule has 0 saturated heterocycles. The van der Waals surface area contributed by atoms with E-state index in [0.717, 1.165) is 12.0 Å². The second-order valence-corrected chi connectivity index (χ2v) is 6.55. The molecule has 0 spiro atoms. The van der Waals surface area contributed by atoms with Gasteiger partial charge in [-0.1, -0.05) is 6.07 Å². The zero-order valence-corrected chi connectivity index (χ0v) is 13.4. The summed E-state index contributed by atoms with van der Waals surface area (Å²) in [5.41, 5.74) is 2.36. The molecular formula is C16H19N3O4. The largest absolute Gasteiger partial charge is 0.444 e. The number of nitrogens with one attached hydrogen (secondary N) is 1. The Morgan fingerprint density at radius 3 is 2.78 bits per heavy atom. The van der Waals surface area contributed by atoms with E-state index >= 15 is 0 Å². The Balaban J connectivity index is 1.82. The van der Waals surface area contributed by atoms with Crippen molar-refractivity contribution in [1.82, 2.24) is 15.1 Å². The molecule has 1 aromatic heterocycles. The molecule has 122 valence electrons. The van der Waals surface area contributed by atoms with Gasteiger partial charge in [0.25, 0.3) is 0 Å². The average Bonchev–Trinajstić information content (AvgIpc) is 2.91. The fourth-order valence-corrected chi connectivity index (χ4v) is 2.53. The molecule has 0 aliphatic carbocycles. The monoisotopic (exact) mass is 317 g/mol. The van der Waals surface area contributed by atoms with Gasteiger partial charge in [-0.3, -0.25) is 0 Å². The molecule has 1 aromatic carbocycles. The summed E-state index contributed by atoms with van der Waals surface area (Å²) >= 11 is 0. The standard InChI is InChI=1S/C16H19N3O4/c1-16(2,3)23-15(21)19-7-6-10-4-5-11(8-12(10)9-19)13-17-18-14(20)22-13/h4-5,8H,6-7,9H2,1-3H3,(H,18,20). The maximum atomic E-state index is 12.2. The number of hydrogen-bond acceptors (Lipinski definition) is 5. The number of amides is 1. The predicted octanol–water partition coefficient (Wildman–Crippen LogP) is 2.32. The third-order valence-electron chi connectivity index (χ3n) is 3.56. The summed E-state index contributed by atoms with van der Waals surface area (Å²) < 4.78 is 10.4. The van der Waals surface area contributed by atoms with Crippen LogP contribution in [-0.4, -0.2) is 33.3 Å². The SMILES string of the molecule is CC(C)(C)OC(=O)N1CCc2ccc(-c3n[nH]c(=O)o3)cc2C1. The number of fused-ring (bicyclic) bond motifs is 1. The van der Waals surface area contributed by atoms with Crippen molar-refractivity contribution in [2.45, 2.75) is 39.3 Å². The smallest absolute Gasteiger partial charge is 0.434 e. The molecule has 23 heavy (non-hydrogen) atoms. The number of rotatable bonds is 1. The van der Waals surface area contributed by atoms with Crippen LogP contribution >= 0.6 is 0 Å². The Bertz CT molecular complexity index is 785. The maximum absolute atomic E-state index is 12.2. The molecule has 0 saturated carbocycles. The van der Waals surface area contributed by atoms with E-state index in [2.05, 4.69) is 10.2 Å². The summed E-state index contributed by atoms with van der Waals surface area (Å²) in [6, 6.07) is 5.73. The molecule has 2 aromatic rings. The van der Waals surface area contributed by atoms with Gasteiger partial charge in [0.1, 0.15) is 5.60 Å². The van der Waals surface area contributed by atoms with Crippen molar-refractivity contribution in [1.29, 1.82) is 0 Å². The zero-order valence-electron chi connectivity index (χ0n) is 13.4. The summed E-state index contributed by atoms with van der Waals surface area (Å²) in [6.07, 6.45) is 0.444. The van der Waals surface area contributed by atoms with Gasteiger partial charge >= 0.3 is 11.8 Å². The number of carbonyl (C=O) groups excluding carboxylic acids is 1. The van der Waals surface area contributed by atoms with Crippen molar-refractivity contribution in [2.24, 2.45) is 0 Å². The molecule has 1 amide bonds. The molecule has 0 fully saturated rings. The minimum Gasteiger partial charge on any atom is -0.444 e. The van der Waals surface area contributed by atoms with E-state index in [0.29, 0.717) is 18.7 Å². The number of carbonyl (C=O) groups is 1. The van der Waals surface area contributed by atoms with Crippen molar-refractivity contribution in [3.05, 3.63) is 39.9 Å². The first-order chi connectivity index (χ1) is 10.8. The van der Waals surface area contributed by atoms with Gasteiger partial charge < -0.3 is 14.1 Å². The first kappa shape index (κ1) is 15.3. The minimum atomic E-state index is -0.590. The third-order valence-corrected chi connectivity index (χ3v) is 3.56. The Morgan fingerprint density at radius 2 is 2.13 bits per heavy atom. The summed E-state index contributed by atoms with van der Waals surface area (Å²) in [5.74, 6) is -0.347. The summed E-state index contributed by atoms with van der Waals surface area (Å²) in [7, 11) is 0. The highest BCUT2D eigenvalue weighted by atomic mass is 16.6. The number of aromatic nitrogens is 2. The molecule has 0 atom stereocenters. The summed E-state index contributed by atoms with van der Waals surface area (Å²) in [5, 5.41) is 6.07. The second-order valence-electron chi connectivity index (χ2n) is 6.55. The first-order valence-corrected chi connectivity index (χ1v) is 7.47. The number of hydrogen-bond donors (Lipinski definition) is 1. The van der Waals surface area contributed by atoms with E-state index in [1.807, 2.05) is 39.0 Å². The first-order valence-electron chi connectivity index (χ1n) is 7.47. The van der Waals surface area contributed by atoms with Gasteiger partial charge in [-0.15, -0.1) is 5.10 Å². The molecule has 2 heterocycles. The van der Waals surface area contributed by atoms with Crippen LogP contribution in [-0.2, 0) is 17.7 Å². The van der Waals surface area contributed by atoms with Crippen molar-refractivity contribution in [3.63, 3.8) is 0 Å².